The maximum Gasteiger partial charge on any atom is 0.354 e. The molecule has 0 spiro atoms. The second-order valence-electron chi connectivity index (χ2n) is 6.07. The number of amides is 1. The van der Waals surface area contributed by atoms with E-state index in [-0.39, 0.29) is 25.3 Å². The maximum atomic E-state index is 12.8. The second kappa shape index (κ2) is 8.41. The monoisotopic (exact) mass is 402 g/mol. The normalized spacial score (nSPS) is 18.5. The molecule has 3 rings (SSSR count). The first-order valence-corrected chi connectivity index (χ1v) is 9.06. The van der Waals surface area contributed by atoms with Gasteiger partial charge in [-0.2, -0.15) is 10.1 Å². The Hall–Kier alpha value is -2.90. The molecule has 28 heavy (non-hydrogen) atoms. The number of carbonyl (C=O) groups excluding carboxylic acids is 2. The number of benzene rings is 2. The zero-order chi connectivity index (χ0) is 20.1. The van der Waals surface area contributed by atoms with Gasteiger partial charge in [0.25, 0.3) is 5.91 Å². The molecule has 0 aromatic heterocycles. The highest BCUT2D eigenvalue weighted by atomic mass is 35.5. The lowest BCUT2D eigenvalue weighted by Gasteiger charge is -2.31. The van der Waals surface area contributed by atoms with Crippen molar-refractivity contribution in [2.75, 3.05) is 13.2 Å². The van der Waals surface area contributed by atoms with Crippen LogP contribution in [-0.2, 0) is 20.1 Å². The van der Waals surface area contributed by atoms with Gasteiger partial charge in [0.2, 0.25) is 0 Å². The summed E-state index contributed by atoms with van der Waals surface area (Å²) in [6, 6.07) is 15.1. The first kappa shape index (κ1) is 19.9. The number of nitrogens with zero attached hydrogens (tertiary/aromatic N) is 2. The van der Waals surface area contributed by atoms with E-state index in [1.54, 1.807) is 55.5 Å². The van der Waals surface area contributed by atoms with E-state index in [4.69, 9.17) is 21.1 Å². The minimum Gasteiger partial charge on any atom is -0.484 e. The Bertz CT molecular complexity index is 885. The van der Waals surface area contributed by atoms with Crippen molar-refractivity contribution in [3.63, 3.8) is 0 Å². The highest BCUT2D eigenvalue weighted by Crippen LogP contribution is 2.36. The molecule has 0 unspecified atom stereocenters. The average molecular weight is 403 g/mol. The van der Waals surface area contributed by atoms with Crippen molar-refractivity contribution in [1.82, 2.24) is 5.01 Å². The van der Waals surface area contributed by atoms with E-state index in [9.17, 15) is 14.7 Å². The first-order valence-electron chi connectivity index (χ1n) is 8.68. The average Bonchev–Trinajstić information content (AvgIpc) is 3.06. The maximum absolute atomic E-state index is 12.8. The molecule has 0 fully saturated rings. The molecule has 0 bridgehead atoms. The zero-order valence-corrected chi connectivity index (χ0v) is 15.9. The van der Waals surface area contributed by atoms with E-state index >= 15 is 0 Å². The van der Waals surface area contributed by atoms with Crippen LogP contribution in [0.1, 0.15) is 18.9 Å². The third kappa shape index (κ3) is 4.16. The molecule has 2 aromatic rings. The summed E-state index contributed by atoms with van der Waals surface area (Å²) in [4.78, 5) is 24.9. The third-order valence-electron chi connectivity index (χ3n) is 4.14. The molecular formula is C20H19ClN2O5. The van der Waals surface area contributed by atoms with Gasteiger partial charge in [-0.3, -0.25) is 4.79 Å². The van der Waals surface area contributed by atoms with E-state index in [1.165, 1.54) is 0 Å². The molecule has 146 valence electrons. The summed E-state index contributed by atoms with van der Waals surface area (Å²) in [5, 5.41) is 16.6. The summed E-state index contributed by atoms with van der Waals surface area (Å²) >= 11 is 5.92. The molecule has 0 saturated carbocycles. The number of rotatable bonds is 6. The number of para-hydroxylation sites is 1. The van der Waals surface area contributed by atoms with E-state index in [2.05, 4.69) is 5.10 Å². The lowest BCUT2D eigenvalue weighted by Crippen LogP contribution is -2.45. The lowest BCUT2D eigenvalue weighted by molar-refractivity contribution is -0.160. The molecule has 8 heteroatoms. The third-order valence-corrected chi connectivity index (χ3v) is 4.40. The Balaban J connectivity index is 1.86. The van der Waals surface area contributed by atoms with E-state index in [0.29, 0.717) is 16.3 Å². The fourth-order valence-electron chi connectivity index (χ4n) is 2.80. The van der Waals surface area contributed by atoms with Crippen molar-refractivity contribution in [3.05, 3.63) is 65.2 Å². The number of halogens is 1. The number of hydrazone groups is 1. The van der Waals surface area contributed by atoms with Crippen LogP contribution in [0.2, 0.25) is 5.02 Å². The molecular weight excluding hydrogens is 384 g/mol. The SMILES string of the molecule is CCOC(=O)C1=NN(C(=O)COc2ccccc2)[C@@](O)(c2ccc(Cl)cc2)C1. The largest absolute Gasteiger partial charge is 0.484 e. The van der Waals surface area contributed by atoms with Gasteiger partial charge < -0.3 is 14.6 Å². The minimum atomic E-state index is -1.84. The Labute approximate surface area is 167 Å². The molecule has 1 aliphatic heterocycles. The molecule has 1 heterocycles. The fourth-order valence-corrected chi connectivity index (χ4v) is 2.93. The molecule has 1 aliphatic rings. The van der Waals surface area contributed by atoms with Crippen LogP contribution in [0.4, 0.5) is 0 Å². The summed E-state index contributed by atoms with van der Waals surface area (Å²) in [7, 11) is 0. The standard InChI is InChI=1S/C20H19ClN2O5/c1-2-27-19(25)17-12-20(26,14-8-10-15(21)11-9-14)23(22-17)18(24)13-28-16-6-4-3-5-7-16/h3-11,26H,2,12-13H2,1H3/t20-/m0/s1. The van der Waals surface area contributed by atoms with Crippen LogP contribution in [0, 0.1) is 0 Å². The Morgan fingerprint density at radius 1 is 1.18 bits per heavy atom. The minimum absolute atomic E-state index is 0.0487. The number of esters is 1. The van der Waals surface area contributed by atoms with Gasteiger partial charge >= 0.3 is 5.97 Å². The highest BCUT2D eigenvalue weighted by Gasteiger charge is 2.48. The van der Waals surface area contributed by atoms with Crippen molar-refractivity contribution >= 4 is 29.2 Å². The van der Waals surface area contributed by atoms with Crippen molar-refractivity contribution in [2.45, 2.75) is 19.1 Å². The van der Waals surface area contributed by atoms with E-state index in [1.807, 2.05) is 6.07 Å². The smallest absolute Gasteiger partial charge is 0.354 e. The summed E-state index contributed by atoms with van der Waals surface area (Å²) in [6.07, 6.45) is -0.204. The summed E-state index contributed by atoms with van der Waals surface area (Å²) in [5.41, 5.74) is -1.52. The number of ether oxygens (including phenoxy) is 2. The van der Waals surface area contributed by atoms with Crippen LogP contribution in [0.25, 0.3) is 0 Å². The van der Waals surface area contributed by atoms with Gasteiger partial charge in [0.05, 0.1) is 13.0 Å². The molecule has 1 atom stereocenters. The summed E-state index contributed by atoms with van der Waals surface area (Å²) < 4.78 is 10.4. The van der Waals surface area contributed by atoms with Crippen molar-refractivity contribution in [2.24, 2.45) is 5.10 Å². The van der Waals surface area contributed by atoms with Gasteiger partial charge in [-0.15, -0.1) is 0 Å². The molecule has 0 aliphatic carbocycles. The van der Waals surface area contributed by atoms with Gasteiger partial charge in [-0.1, -0.05) is 41.9 Å². The summed E-state index contributed by atoms with van der Waals surface area (Å²) in [6.45, 7) is 1.46. The molecule has 1 amide bonds. The first-order chi connectivity index (χ1) is 13.4. The highest BCUT2D eigenvalue weighted by molar-refractivity contribution is 6.37. The predicted octanol–water partition coefficient (Wildman–Crippen LogP) is 2.72. The lowest BCUT2D eigenvalue weighted by atomic mass is 9.97. The Morgan fingerprint density at radius 3 is 2.50 bits per heavy atom. The second-order valence-corrected chi connectivity index (χ2v) is 6.51. The van der Waals surface area contributed by atoms with E-state index < -0.39 is 17.6 Å². The number of carbonyl (C=O) groups is 2. The molecule has 0 radical (unpaired) electrons. The van der Waals surface area contributed by atoms with E-state index in [0.717, 1.165) is 5.01 Å². The Morgan fingerprint density at radius 2 is 1.86 bits per heavy atom. The van der Waals surface area contributed by atoms with Crippen LogP contribution >= 0.6 is 11.6 Å². The van der Waals surface area contributed by atoms with Crippen molar-refractivity contribution in [3.8, 4) is 5.75 Å². The van der Waals surface area contributed by atoms with Gasteiger partial charge in [0.1, 0.15) is 5.75 Å². The molecule has 7 nitrogen and oxygen atoms in total. The van der Waals surface area contributed by atoms with Crippen LogP contribution in [-0.4, -0.2) is 40.9 Å². The fraction of sp³-hybridized carbons (Fsp3) is 0.250. The Kier molecular flexibility index (Phi) is 5.96. The molecule has 0 saturated heterocycles. The van der Waals surface area contributed by atoms with Crippen LogP contribution in [0.15, 0.2) is 59.7 Å². The van der Waals surface area contributed by atoms with Crippen LogP contribution in [0.3, 0.4) is 0 Å². The van der Waals surface area contributed by atoms with Gasteiger partial charge in [0, 0.05) is 10.6 Å². The van der Waals surface area contributed by atoms with Gasteiger partial charge in [-0.05, 0) is 31.2 Å². The number of aliphatic hydroxyl groups is 1. The van der Waals surface area contributed by atoms with Crippen LogP contribution in [0.5, 0.6) is 5.75 Å². The quantitative estimate of drug-likeness (QED) is 0.750. The van der Waals surface area contributed by atoms with Crippen molar-refractivity contribution in [1.29, 1.82) is 0 Å². The molecule has 2 aromatic carbocycles. The number of hydrogen-bond donors (Lipinski definition) is 1. The predicted molar refractivity (Wildman–Crippen MR) is 103 cm³/mol. The summed E-state index contributed by atoms with van der Waals surface area (Å²) in [5.74, 6) is -0.797. The van der Waals surface area contributed by atoms with Gasteiger partial charge in [-0.25, -0.2) is 4.79 Å². The topological polar surface area (TPSA) is 88.4 Å². The molecule has 1 N–H and O–H groups in total. The van der Waals surface area contributed by atoms with Crippen molar-refractivity contribution < 1.29 is 24.2 Å². The van der Waals surface area contributed by atoms with Gasteiger partial charge in [0.15, 0.2) is 18.0 Å². The zero-order valence-electron chi connectivity index (χ0n) is 15.2. The van der Waals surface area contributed by atoms with Crippen LogP contribution < -0.4 is 4.74 Å². The number of hydrogen-bond acceptors (Lipinski definition) is 6.